The topological polar surface area (TPSA) is 139 Å². The minimum absolute atomic E-state index is 0.0982. The number of rotatable bonds is 9. The van der Waals surface area contributed by atoms with Gasteiger partial charge in [-0.05, 0) is 102 Å². The molecular weight excluding hydrogens is 742 g/mol. The number of hydrogen-bond acceptors (Lipinski definition) is 10. The molecule has 298 valence electrons. The highest BCUT2D eigenvalue weighted by atomic mass is 32.2. The Labute approximate surface area is 318 Å². The molecule has 2 aliphatic carbocycles. The average Bonchev–Trinajstić information content (AvgIpc) is 3.69. The number of anilines is 1. The highest BCUT2D eigenvalue weighted by molar-refractivity contribution is 7.91. The maximum absolute atomic E-state index is 14.8. The van der Waals surface area contributed by atoms with Crippen molar-refractivity contribution in [3.63, 3.8) is 0 Å². The first-order chi connectivity index (χ1) is 25.9. The number of sulfonamides is 1. The Morgan fingerprint density at radius 1 is 1.05 bits per heavy atom. The number of fused-ring (bicyclic) bond motifs is 3. The molecule has 3 heterocycles. The van der Waals surface area contributed by atoms with Crippen molar-refractivity contribution in [3.05, 3.63) is 67.6 Å². The molecule has 1 atom stereocenters. The molecule has 3 aromatic rings. The number of carbonyl (C=O) groups excluding carboxylic acids is 2. The Balaban J connectivity index is 1.23. The Morgan fingerprint density at radius 2 is 1.76 bits per heavy atom. The molecule has 2 amide bonds. The third-order valence-corrected chi connectivity index (χ3v) is 14.0. The van der Waals surface area contributed by atoms with Crippen LogP contribution in [0.2, 0.25) is 0 Å². The normalized spacial score (nSPS) is 20.5. The van der Waals surface area contributed by atoms with E-state index >= 15 is 0 Å². The first-order valence-electron chi connectivity index (χ1n) is 18.7. The summed E-state index contributed by atoms with van der Waals surface area (Å²) < 4.78 is 88.2. The molecule has 1 N–H and O–H groups in total. The fourth-order valence-corrected chi connectivity index (χ4v) is 9.42. The number of nitrogens with one attached hydrogen (secondary N) is 1. The first kappa shape index (κ1) is 39.1. The van der Waals surface area contributed by atoms with Gasteiger partial charge >= 0.3 is 11.8 Å². The zero-order valence-corrected chi connectivity index (χ0v) is 32.5. The summed E-state index contributed by atoms with van der Waals surface area (Å²) in [5, 5.41) is 0.780. The molecular formula is C39H47F3N4O8S. The number of amides is 2. The molecule has 0 radical (unpaired) electrons. The van der Waals surface area contributed by atoms with E-state index in [9.17, 15) is 36.0 Å². The van der Waals surface area contributed by atoms with Gasteiger partial charge in [0.25, 0.3) is 11.8 Å². The summed E-state index contributed by atoms with van der Waals surface area (Å²) in [6.45, 7) is 8.10. The molecule has 55 heavy (non-hydrogen) atoms. The molecule has 3 fully saturated rings. The lowest BCUT2D eigenvalue weighted by molar-refractivity contribution is -0.138. The monoisotopic (exact) mass is 788 g/mol. The van der Waals surface area contributed by atoms with Gasteiger partial charge in [0.1, 0.15) is 11.3 Å². The van der Waals surface area contributed by atoms with Gasteiger partial charge in [-0.15, -0.1) is 0 Å². The van der Waals surface area contributed by atoms with Gasteiger partial charge in [-0.25, -0.2) is 17.9 Å². The van der Waals surface area contributed by atoms with Crippen molar-refractivity contribution in [1.82, 2.24) is 14.5 Å². The summed E-state index contributed by atoms with van der Waals surface area (Å²) in [7, 11) is -0.554. The van der Waals surface area contributed by atoms with Crippen LogP contribution in [0.1, 0.15) is 94.0 Å². The van der Waals surface area contributed by atoms with E-state index in [0.29, 0.717) is 31.1 Å². The highest BCUT2D eigenvalue weighted by Crippen LogP contribution is 2.44. The molecule has 1 aromatic heterocycles. The summed E-state index contributed by atoms with van der Waals surface area (Å²) in [6, 6.07) is 3.92. The van der Waals surface area contributed by atoms with Crippen molar-refractivity contribution in [2.75, 3.05) is 51.8 Å². The number of ether oxygens (including phenoxy) is 2. The van der Waals surface area contributed by atoms with Crippen LogP contribution in [-0.2, 0) is 33.9 Å². The summed E-state index contributed by atoms with van der Waals surface area (Å²) in [6.07, 6.45) is -2.32. The van der Waals surface area contributed by atoms with Crippen LogP contribution in [0.4, 0.5) is 18.9 Å². The standard InChI is InChI=1S/C39H47F3N4O8S/c1-22-16-30(45-15-14-44(4)25(19-45)21-52-5)23(2)34-32(22)27-10-13-46(20-28(27)37(49)54-34)36(48)24-17-29(39(40,41)42)33(31(18-24)53-26-8-6-7-9-26)35(47)43-55(50,51)38(3)11-12-38/h16-18,25-26H,6-15,19-21H2,1-5H3,(H,43,47)/t25-/m1/s1. The maximum atomic E-state index is 14.8. The first-order valence-corrected chi connectivity index (χ1v) is 20.2. The van der Waals surface area contributed by atoms with Crippen LogP contribution in [0, 0.1) is 13.8 Å². The van der Waals surface area contributed by atoms with Crippen LogP contribution < -0.4 is 20.0 Å². The van der Waals surface area contributed by atoms with Crippen molar-refractivity contribution in [1.29, 1.82) is 0 Å². The van der Waals surface area contributed by atoms with Crippen LogP contribution >= 0.6 is 0 Å². The lowest BCUT2D eigenvalue weighted by Gasteiger charge is -2.41. The summed E-state index contributed by atoms with van der Waals surface area (Å²) in [4.78, 5) is 47.0. The largest absolute Gasteiger partial charge is 0.490 e. The Morgan fingerprint density at radius 3 is 2.42 bits per heavy atom. The average molecular weight is 789 g/mol. The van der Waals surface area contributed by atoms with E-state index in [4.69, 9.17) is 13.9 Å². The molecule has 0 unspecified atom stereocenters. The van der Waals surface area contributed by atoms with Gasteiger partial charge < -0.3 is 23.7 Å². The van der Waals surface area contributed by atoms with Crippen molar-refractivity contribution < 1.29 is 45.1 Å². The van der Waals surface area contributed by atoms with E-state index in [2.05, 4.69) is 22.9 Å². The minimum Gasteiger partial charge on any atom is -0.490 e. The van der Waals surface area contributed by atoms with Gasteiger partial charge in [0.2, 0.25) is 10.0 Å². The zero-order valence-electron chi connectivity index (χ0n) is 31.7. The molecule has 12 nitrogen and oxygen atoms in total. The molecule has 2 saturated carbocycles. The van der Waals surface area contributed by atoms with Crippen molar-refractivity contribution in [2.24, 2.45) is 0 Å². The van der Waals surface area contributed by atoms with Gasteiger partial charge in [-0.3, -0.25) is 14.5 Å². The minimum atomic E-state index is -5.15. The van der Waals surface area contributed by atoms with Crippen LogP contribution in [0.15, 0.2) is 27.4 Å². The number of carbonyl (C=O) groups is 2. The molecule has 0 spiro atoms. The van der Waals surface area contributed by atoms with Crippen LogP contribution in [0.5, 0.6) is 5.75 Å². The number of benzene rings is 2. The Kier molecular flexibility index (Phi) is 10.2. The molecule has 1 saturated heterocycles. The van der Waals surface area contributed by atoms with Crippen LogP contribution in [-0.4, -0.2) is 93.9 Å². The smallest absolute Gasteiger partial charge is 0.417 e. The second-order valence-electron chi connectivity index (χ2n) is 15.7. The fourth-order valence-electron chi connectivity index (χ4n) is 8.19. The van der Waals surface area contributed by atoms with E-state index in [-0.39, 0.29) is 44.0 Å². The van der Waals surface area contributed by atoms with Gasteiger partial charge in [0.15, 0.2) is 0 Å². The lowest BCUT2D eigenvalue weighted by Crippen LogP contribution is -2.53. The van der Waals surface area contributed by atoms with Gasteiger partial charge in [0.05, 0.1) is 46.7 Å². The number of methoxy groups -OCH3 is 1. The number of aryl methyl sites for hydroxylation is 2. The van der Waals surface area contributed by atoms with Crippen LogP contribution in [0.25, 0.3) is 11.0 Å². The molecule has 7 rings (SSSR count). The quantitative estimate of drug-likeness (QED) is 0.284. The van der Waals surface area contributed by atoms with E-state index < -0.39 is 66.9 Å². The maximum Gasteiger partial charge on any atom is 0.417 e. The molecule has 2 aliphatic heterocycles. The second kappa shape index (κ2) is 14.4. The predicted octanol–water partition coefficient (Wildman–Crippen LogP) is 5.33. The van der Waals surface area contributed by atoms with Crippen molar-refractivity contribution in [2.45, 2.75) is 95.3 Å². The third-order valence-electron chi connectivity index (χ3n) is 11.9. The van der Waals surface area contributed by atoms with E-state index in [1.54, 1.807) is 7.11 Å². The molecule has 16 heteroatoms. The van der Waals surface area contributed by atoms with Gasteiger partial charge in [-0.2, -0.15) is 13.2 Å². The van der Waals surface area contributed by atoms with E-state index in [0.717, 1.165) is 66.3 Å². The summed E-state index contributed by atoms with van der Waals surface area (Å²) in [5.41, 5.74) is 0.609. The number of halogens is 3. The van der Waals surface area contributed by atoms with Crippen molar-refractivity contribution >= 4 is 38.5 Å². The van der Waals surface area contributed by atoms with E-state index in [1.807, 2.05) is 18.6 Å². The van der Waals surface area contributed by atoms with Gasteiger partial charge in [-0.1, -0.05) is 0 Å². The number of alkyl halides is 3. The lowest BCUT2D eigenvalue weighted by atomic mass is 9.92. The third kappa shape index (κ3) is 7.32. The number of hydrogen-bond donors (Lipinski definition) is 1. The molecule has 2 aromatic carbocycles. The predicted molar refractivity (Wildman–Crippen MR) is 199 cm³/mol. The highest BCUT2D eigenvalue weighted by Gasteiger charge is 2.51. The molecule has 4 aliphatic rings. The number of nitrogens with zero attached hydrogens (tertiary/aromatic N) is 3. The summed E-state index contributed by atoms with van der Waals surface area (Å²) in [5.74, 6) is -2.79. The number of likely N-dealkylation sites (N-methyl/N-ethyl adjacent to an activating group) is 1. The molecule has 0 bridgehead atoms. The van der Waals surface area contributed by atoms with E-state index in [1.165, 1.54) is 11.8 Å². The van der Waals surface area contributed by atoms with Crippen molar-refractivity contribution in [3.8, 4) is 5.75 Å². The fraction of sp³-hybridized carbons (Fsp3) is 0.564. The van der Waals surface area contributed by atoms with Gasteiger partial charge in [0, 0.05) is 55.5 Å². The number of piperazine rings is 1. The zero-order chi connectivity index (χ0) is 39.6. The van der Waals surface area contributed by atoms with Crippen LogP contribution in [0.3, 0.4) is 0 Å². The summed E-state index contributed by atoms with van der Waals surface area (Å²) >= 11 is 0. The Bertz CT molecular complexity index is 2210. The SMILES string of the molecule is COC[C@H]1CN(c2cc(C)c3c4c(c(=O)oc3c2C)CN(C(=O)c2cc(OC3CCCC3)c(C(=O)NS(=O)(=O)C3(C)CC3)c(C(F)(F)F)c2)CC4)CCN1C. The second-order valence-corrected chi connectivity index (χ2v) is 17.9. The Hall–Kier alpha value is -4.15.